The molecular weight excluding hydrogens is 332 g/mol. The van der Waals surface area contributed by atoms with E-state index in [4.69, 9.17) is 23.7 Å². The molecule has 0 amide bonds. The van der Waals surface area contributed by atoms with Crippen molar-refractivity contribution < 1.29 is 38.1 Å². The van der Waals surface area contributed by atoms with Crippen LogP contribution in [0.3, 0.4) is 0 Å². The first-order valence-corrected chi connectivity index (χ1v) is 7.71. The van der Waals surface area contributed by atoms with Crippen LogP contribution in [0.15, 0.2) is 30.3 Å². The van der Waals surface area contributed by atoms with Crippen molar-refractivity contribution in [2.24, 2.45) is 0 Å². The molecule has 8 nitrogen and oxygen atoms in total. The predicted octanol–water partition coefficient (Wildman–Crippen LogP) is 1.22. The zero-order chi connectivity index (χ0) is 18.4. The topological polar surface area (TPSA) is 97.4 Å². The number of ether oxygens (including phenoxy) is 5. The van der Waals surface area contributed by atoms with Gasteiger partial charge in [0.1, 0.15) is 5.75 Å². The Hall–Kier alpha value is -2.61. The van der Waals surface area contributed by atoms with Crippen LogP contribution in [0.1, 0.15) is 20.8 Å². The van der Waals surface area contributed by atoms with Crippen LogP contribution in [-0.2, 0) is 33.3 Å². The summed E-state index contributed by atoms with van der Waals surface area (Å²) < 4.78 is 26.9. The lowest BCUT2D eigenvalue weighted by atomic mass is 10.0. The monoisotopic (exact) mass is 352 g/mol. The Morgan fingerprint density at radius 3 is 2.00 bits per heavy atom. The highest BCUT2D eigenvalue weighted by molar-refractivity contribution is 5.68. The van der Waals surface area contributed by atoms with Crippen LogP contribution < -0.4 is 4.74 Å². The largest absolute Gasteiger partial charge is 0.461 e. The van der Waals surface area contributed by atoms with Gasteiger partial charge in [0.25, 0.3) is 0 Å². The van der Waals surface area contributed by atoms with E-state index in [9.17, 15) is 14.4 Å². The van der Waals surface area contributed by atoms with Crippen molar-refractivity contribution in [3.8, 4) is 5.75 Å². The van der Waals surface area contributed by atoms with E-state index in [1.807, 2.05) is 6.07 Å². The summed E-state index contributed by atoms with van der Waals surface area (Å²) in [6.45, 7) is 3.56. The second-order valence-electron chi connectivity index (χ2n) is 5.43. The van der Waals surface area contributed by atoms with Gasteiger partial charge in [-0.3, -0.25) is 14.4 Å². The van der Waals surface area contributed by atoms with Crippen molar-refractivity contribution >= 4 is 17.9 Å². The van der Waals surface area contributed by atoms with E-state index in [1.165, 1.54) is 20.8 Å². The molecule has 1 aliphatic rings. The molecule has 25 heavy (non-hydrogen) atoms. The average Bonchev–Trinajstić information content (AvgIpc) is 2.52. The summed E-state index contributed by atoms with van der Waals surface area (Å²) in [6.07, 6.45) is -4.09. The van der Waals surface area contributed by atoms with Gasteiger partial charge in [-0.15, -0.1) is 0 Å². The number of carbonyl (C=O) groups excluding carboxylic acids is 3. The lowest BCUT2D eigenvalue weighted by Crippen LogP contribution is -2.59. The van der Waals surface area contributed by atoms with Crippen LogP contribution >= 0.6 is 0 Å². The molecule has 1 aromatic rings. The summed E-state index contributed by atoms with van der Waals surface area (Å²) in [5, 5.41) is 0. The molecule has 136 valence electrons. The highest BCUT2D eigenvalue weighted by atomic mass is 16.7. The van der Waals surface area contributed by atoms with E-state index in [1.54, 1.807) is 24.3 Å². The van der Waals surface area contributed by atoms with Gasteiger partial charge in [-0.1, -0.05) is 18.2 Å². The molecule has 0 spiro atoms. The third-order valence-corrected chi connectivity index (χ3v) is 3.30. The Bertz CT molecular complexity index is 614. The maximum atomic E-state index is 11.5. The first-order valence-electron chi connectivity index (χ1n) is 7.71. The van der Waals surface area contributed by atoms with E-state index in [0.717, 1.165) is 0 Å². The molecule has 0 bridgehead atoms. The smallest absolute Gasteiger partial charge is 0.303 e. The number of carbonyl (C=O) groups is 3. The third-order valence-electron chi connectivity index (χ3n) is 3.30. The fraction of sp³-hybridized carbons (Fsp3) is 0.471. The number of hydrogen-bond donors (Lipinski definition) is 0. The maximum absolute atomic E-state index is 11.5. The summed E-state index contributed by atoms with van der Waals surface area (Å²) in [6, 6.07) is 8.76. The minimum absolute atomic E-state index is 0.0766. The Morgan fingerprint density at radius 2 is 1.44 bits per heavy atom. The van der Waals surface area contributed by atoms with Crippen molar-refractivity contribution in [2.45, 2.75) is 45.4 Å². The summed E-state index contributed by atoms with van der Waals surface area (Å²) in [5.74, 6) is -1.32. The molecule has 0 saturated carbocycles. The van der Waals surface area contributed by atoms with Crippen LogP contribution in [0.2, 0.25) is 0 Å². The number of rotatable bonds is 5. The van der Waals surface area contributed by atoms with Crippen LogP contribution in [0.25, 0.3) is 0 Å². The highest BCUT2D eigenvalue weighted by Crippen LogP contribution is 2.26. The van der Waals surface area contributed by atoms with Crippen molar-refractivity contribution in [2.75, 3.05) is 6.61 Å². The molecule has 4 atom stereocenters. The summed E-state index contributed by atoms with van der Waals surface area (Å²) in [5.41, 5.74) is 0. The maximum Gasteiger partial charge on any atom is 0.303 e. The van der Waals surface area contributed by atoms with E-state index in [-0.39, 0.29) is 6.61 Å². The molecule has 0 aromatic heterocycles. The SMILES string of the molecule is CC(=O)O[C@@H]1[C@@H](OC(C)=O)[C@H](Oc2ccccc2)OC[C@H]1OC(C)=O. The molecule has 1 fully saturated rings. The van der Waals surface area contributed by atoms with Gasteiger partial charge in [-0.25, -0.2) is 0 Å². The van der Waals surface area contributed by atoms with Gasteiger partial charge in [0.15, 0.2) is 12.2 Å². The Kier molecular flexibility index (Phi) is 6.35. The fourth-order valence-corrected chi connectivity index (χ4v) is 2.44. The van der Waals surface area contributed by atoms with Gasteiger partial charge in [0, 0.05) is 20.8 Å². The molecule has 1 aromatic carbocycles. The van der Waals surface area contributed by atoms with Crippen LogP contribution in [-0.4, -0.2) is 49.1 Å². The summed E-state index contributed by atoms with van der Waals surface area (Å²) in [4.78, 5) is 34.2. The minimum Gasteiger partial charge on any atom is -0.461 e. The molecule has 1 aliphatic heterocycles. The molecule has 0 aliphatic carbocycles. The highest BCUT2D eigenvalue weighted by Gasteiger charge is 2.48. The Morgan fingerprint density at radius 1 is 0.880 bits per heavy atom. The third kappa shape index (κ3) is 5.46. The van der Waals surface area contributed by atoms with Crippen LogP contribution in [0.4, 0.5) is 0 Å². The van der Waals surface area contributed by atoms with Crippen molar-refractivity contribution in [3.63, 3.8) is 0 Å². The number of para-hydroxylation sites is 1. The standard InChI is InChI=1S/C17H20O8/c1-10(18)22-14-9-21-17(25-13-7-5-4-6-8-13)16(24-12(3)20)15(14)23-11(2)19/h4-8,14-17H,9H2,1-3H3/t14-,15+,16-,17+/m1/s1. The van der Waals surface area contributed by atoms with Gasteiger partial charge in [0.2, 0.25) is 12.4 Å². The predicted molar refractivity (Wildman–Crippen MR) is 83.5 cm³/mol. The number of benzene rings is 1. The molecule has 1 heterocycles. The van der Waals surface area contributed by atoms with E-state index < -0.39 is 42.5 Å². The zero-order valence-corrected chi connectivity index (χ0v) is 14.2. The summed E-state index contributed by atoms with van der Waals surface area (Å²) >= 11 is 0. The molecule has 0 unspecified atom stereocenters. The second-order valence-corrected chi connectivity index (χ2v) is 5.43. The first-order chi connectivity index (χ1) is 11.9. The van der Waals surface area contributed by atoms with Gasteiger partial charge in [-0.05, 0) is 12.1 Å². The molecular formula is C17H20O8. The lowest BCUT2D eigenvalue weighted by molar-refractivity contribution is -0.259. The molecule has 1 saturated heterocycles. The van der Waals surface area contributed by atoms with Gasteiger partial charge in [0.05, 0.1) is 6.61 Å². The quantitative estimate of drug-likeness (QED) is 0.576. The van der Waals surface area contributed by atoms with Crippen molar-refractivity contribution in [3.05, 3.63) is 30.3 Å². The Balaban J connectivity index is 2.25. The van der Waals surface area contributed by atoms with Gasteiger partial charge < -0.3 is 23.7 Å². The number of hydrogen-bond acceptors (Lipinski definition) is 8. The van der Waals surface area contributed by atoms with Crippen LogP contribution in [0.5, 0.6) is 5.75 Å². The second kappa shape index (κ2) is 8.48. The molecule has 0 N–H and O–H groups in total. The Labute approximate surface area is 144 Å². The molecule has 0 radical (unpaired) electrons. The normalized spacial score (nSPS) is 25.6. The van der Waals surface area contributed by atoms with Gasteiger partial charge >= 0.3 is 17.9 Å². The summed E-state index contributed by atoms with van der Waals surface area (Å²) in [7, 11) is 0. The fourth-order valence-electron chi connectivity index (χ4n) is 2.44. The average molecular weight is 352 g/mol. The number of esters is 3. The molecule has 2 rings (SSSR count). The zero-order valence-electron chi connectivity index (χ0n) is 14.2. The van der Waals surface area contributed by atoms with Gasteiger partial charge in [-0.2, -0.15) is 0 Å². The lowest BCUT2D eigenvalue weighted by Gasteiger charge is -2.40. The van der Waals surface area contributed by atoms with Crippen molar-refractivity contribution in [1.82, 2.24) is 0 Å². The van der Waals surface area contributed by atoms with E-state index >= 15 is 0 Å². The van der Waals surface area contributed by atoms with Crippen molar-refractivity contribution in [1.29, 1.82) is 0 Å². The van der Waals surface area contributed by atoms with Crippen LogP contribution in [0, 0.1) is 0 Å². The minimum atomic E-state index is -1.10. The van der Waals surface area contributed by atoms with E-state index in [0.29, 0.717) is 5.75 Å². The first kappa shape index (κ1) is 18.7. The van der Waals surface area contributed by atoms with E-state index in [2.05, 4.69) is 0 Å². The molecule has 8 heteroatoms.